The zero-order chi connectivity index (χ0) is 13.7. The molecular formula is C13H12BrN3O2. The van der Waals surface area contributed by atoms with Crippen LogP contribution in [-0.2, 0) is 13.1 Å². The lowest BCUT2D eigenvalue weighted by Gasteiger charge is -2.05. The molecule has 1 N–H and O–H groups in total. The van der Waals surface area contributed by atoms with E-state index in [-0.39, 0.29) is 10.6 Å². The summed E-state index contributed by atoms with van der Waals surface area (Å²) >= 11 is 3.35. The predicted octanol–water partition coefficient (Wildman–Crippen LogP) is 3.04. The van der Waals surface area contributed by atoms with E-state index in [4.69, 9.17) is 0 Å². The Bertz CT molecular complexity index is 590. The molecule has 0 spiro atoms. The number of benzene rings is 1. The summed E-state index contributed by atoms with van der Waals surface area (Å²) in [6.45, 7) is 1.06. The third kappa shape index (κ3) is 3.84. The van der Waals surface area contributed by atoms with Crippen LogP contribution in [0.4, 0.5) is 5.69 Å². The fourth-order valence-corrected chi connectivity index (χ4v) is 2.14. The van der Waals surface area contributed by atoms with Crippen LogP contribution in [0.15, 0.2) is 47.2 Å². The van der Waals surface area contributed by atoms with Gasteiger partial charge in [0.15, 0.2) is 0 Å². The molecular weight excluding hydrogens is 310 g/mol. The van der Waals surface area contributed by atoms with E-state index in [1.54, 1.807) is 30.6 Å². The van der Waals surface area contributed by atoms with Crippen LogP contribution in [0.1, 0.15) is 11.1 Å². The van der Waals surface area contributed by atoms with Gasteiger partial charge < -0.3 is 5.32 Å². The molecule has 1 heterocycles. The number of nitrogens with zero attached hydrogens (tertiary/aromatic N) is 2. The Kier molecular flexibility index (Phi) is 4.59. The molecule has 0 radical (unpaired) electrons. The number of halogens is 1. The number of hydrogen-bond donors (Lipinski definition) is 1. The van der Waals surface area contributed by atoms with E-state index in [1.165, 1.54) is 6.07 Å². The third-order valence-corrected chi connectivity index (χ3v) is 3.03. The molecule has 19 heavy (non-hydrogen) atoms. The maximum Gasteiger partial charge on any atom is 0.273 e. The summed E-state index contributed by atoms with van der Waals surface area (Å²) in [5, 5.41) is 14.0. The minimum absolute atomic E-state index is 0.141. The molecule has 2 aromatic rings. The zero-order valence-corrected chi connectivity index (χ0v) is 11.6. The average Bonchev–Trinajstić information content (AvgIpc) is 2.39. The van der Waals surface area contributed by atoms with Crippen molar-refractivity contribution in [1.82, 2.24) is 10.3 Å². The minimum atomic E-state index is -0.363. The van der Waals surface area contributed by atoms with E-state index in [0.29, 0.717) is 18.7 Å². The van der Waals surface area contributed by atoms with Crippen LogP contribution in [0.3, 0.4) is 0 Å². The molecule has 0 unspecified atom stereocenters. The highest BCUT2D eigenvalue weighted by Crippen LogP contribution is 2.17. The van der Waals surface area contributed by atoms with Gasteiger partial charge >= 0.3 is 0 Å². The van der Waals surface area contributed by atoms with Crippen molar-refractivity contribution in [1.29, 1.82) is 0 Å². The van der Waals surface area contributed by atoms with Gasteiger partial charge in [-0.3, -0.25) is 15.1 Å². The molecule has 0 aliphatic carbocycles. The van der Waals surface area contributed by atoms with Crippen LogP contribution < -0.4 is 5.32 Å². The van der Waals surface area contributed by atoms with Gasteiger partial charge in [-0.1, -0.05) is 18.2 Å². The monoisotopic (exact) mass is 321 g/mol. The lowest BCUT2D eigenvalue weighted by atomic mass is 10.2. The first-order valence-electron chi connectivity index (χ1n) is 5.69. The van der Waals surface area contributed by atoms with E-state index < -0.39 is 0 Å². The van der Waals surface area contributed by atoms with E-state index >= 15 is 0 Å². The molecule has 5 nitrogen and oxygen atoms in total. The molecule has 0 saturated heterocycles. The van der Waals surface area contributed by atoms with Gasteiger partial charge in [0.2, 0.25) is 0 Å². The Morgan fingerprint density at radius 1 is 1.26 bits per heavy atom. The molecule has 0 fully saturated rings. The smallest absolute Gasteiger partial charge is 0.273 e. The summed E-state index contributed by atoms with van der Waals surface area (Å²) in [5.74, 6) is 0. The van der Waals surface area contributed by atoms with Crippen LogP contribution in [0.25, 0.3) is 0 Å². The van der Waals surface area contributed by atoms with Crippen LogP contribution in [0, 0.1) is 10.1 Å². The number of nitro benzene ring substituents is 1. The highest BCUT2D eigenvalue weighted by atomic mass is 79.9. The van der Waals surface area contributed by atoms with Gasteiger partial charge in [0.05, 0.1) is 4.92 Å². The molecule has 6 heteroatoms. The summed E-state index contributed by atoms with van der Waals surface area (Å²) in [5.41, 5.74) is 1.84. The van der Waals surface area contributed by atoms with Gasteiger partial charge in [0, 0.05) is 41.6 Å². The molecule has 0 bridgehead atoms. The molecule has 0 aliphatic rings. The van der Waals surface area contributed by atoms with Gasteiger partial charge in [-0.25, -0.2) is 0 Å². The predicted molar refractivity (Wildman–Crippen MR) is 75.6 cm³/mol. The highest BCUT2D eigenvalue weighted by molar-refractivity contribution is 9.10. The summed E-state index contributed by atoms with van der Waals surface area (Å²) in [6.07, 6.45) is 3.47. The van der Waals surface area contributed by atoms with E-state index in [0.717, 1.165) is 10.0 Å². The fraction of sp³-hybridized carbons (Fsp3) is 0.154. The standard InChI is InChI=1S/C13H12BrN3O2/c14-12-5-10(7-16-9-12)6-15-8-11-3-1-2-4-13(11)17(18)19/h1-5,7,9,15H,6,8H2. The number of aromatic nitrogens is 1. The van der Waals surface area contributed by atoms with E-state index in [2.05, 4.69) is 26.2 Å². The Morgan fingerprint density at radius 3 is 2.79 bits per heavy atom. The topological polar surface area (TPSA) is 68.1 Å². The molecule has 0 amide bonds. The number of nitro groups is 1. The number of para-hydroxylation sites is 1. The van der Waals surface area contributed by atoms with Crippen LogP contribution in [0.2, 0.25) is 0 Å². The maximum atomic E-state index is 10.9. The van der Waals surface area contributed by atoms with Crippen LogP contribution in [-0.4, -0.2) is 9.91 Å². The summed E-state index contributed by atoms with van der Waals surface area (Å²) in [7, 11) is 0. The Balaban J connectivity index is 1.98. The second kappa shape index (κ2) is 6.40. The van der Waals surface area contributed by atoms with E-state index in [9.17, 15) is 10.1 Å². The zero-order valence-electron chi connectivity index (χ0n) is 10.0. The Hall–Kier alpha value is -1.79. The quantitative estimate of drug-likeness (QED) is 0.679. The second-order valence-electron chi connectivity index (χ2n) is 4.00. The van der Waals surface area contributed by atoms with Gasteiger partial charge in [-0.05, 0) is 27.6 Å². The highest BCUT2D eigenvalue weighted by Gasteiger charge is 2.11. The molecule has 98 valence electrons. The van der Waals surface area contributed by atoms with E-state index in [1.807, 2.05) is 6.07 Å². The van der Waals surface area contributed by atoms with Crippen molar-refractivity contribution in [3.63, 3.8) is 0 Å². The molecule has 0 atom stereocenters. The first kappa shape index (κ1) is 13.6. The normalized spacial score (nSPS) is 10.4. The number of pyridine rings is 1. The van der Waals surface area contributed by atoms with Crippen molar-refractivity contribution in [2.24, 2.45) is 0 Å². The molecule has 2 rings (SSSR count). The van der Waals surface area contributed by atoms with Crippen molar-refractivity contribution >= 4 is 21.6 Å². The molecule has 1 aromatic carbocycles. The minimum Gasteiger partial charge on any atom is -0.308 e. The fourth-order valence-electron chi connectivity index (χ4n) is 1.73. The van der Waals surface area contributed by atoms with Crippen molar-refractivity contribution in [3.05, 3.63) is 68.4 Å². The van der Waals surface area contributed by atoms with Gasteiger partial charge in [-0.15, -0.1) is 0 Å². The van der Waals surface area contributed by atoms with Crippen molar-refractivity contribution in [3.8, 4) is 0 Å². The summed E-state index contributed by atoms with van der Waals surface area (Å²) in [6, 6.07) is 8.69. The number of hydrogen-bond acceptors (Lipinski definition) is 4. The SMILES string of the molecule is O=[N+]([O-])c1ccccc1CNCc1cncc(Br)c1. The molecule has 0 saturated carbocycles. The maximum absolute atomic E-state index is 10.9. The first-order chi connectivity index (χ1) is 9.16. The second-order valence-corrected chi connectivity index (χ2v) is 4.92. The Labute approximate surface area is 119 Å². The van der Waals surface area contributed by atoms with Crippen LogP contribution >= 0.6 is 15.9 Å². The average molecular weight is 322 g/mol. The number of rotatable bonds is 5. The molecule has 1 aromatic heterocycles. The summed E-state index contributed by atoms with van der Waals surface area (Å²) in [4.78, 5) is 14.6. The molecule has 0 aliphatic heterocycles. The summed E-state index contributed by atoms with van der Waals surface area (Å²) < 4.78 is 0.914. The van der Waals surface area contributed by atoms with Gasteiger partial charge in [-0.2, -0.15) is 0 Å². The van der Waals surface area contributed by atoms with Crippen LogP contribution in [0.5, 0.6) is 0 Å². The largest absolute Gasteiger partial charge is 0.308 e. The van der Waals surface area contributed by atoms with Gasteiger partial charge in [0.1, 0.15) is 0 Å². The van der Waals surface area contributed by atoms with Crippen molar-refractivity contribution < 1.29 is 4.92 Å². The lowest BCUT2D eigenvalue weighted by Crippen LogP contribution is -2.13. The van der Waals surface area contributed by atoms with Crippen molar-refractivity contribution in [2.75, 3.05) is 0 Å². The van der Waals surface area contributed by atoms with Crippen molar-refractivity contribution in [2.45, 2.75) is 13.1 Å². The van der Waals surface area contributed by atoms with Gasteiger partial charge in [0.25, 0.3) is 5.69 Å². The first-order valence-corrected chi connectivity index (χ1v) is 6.48. The number of nitrogens with one attached hydrogen (secondary N) is 1. The third-order valence-electron chi connectivity index (χ3n) is 2.59. The lowest BCUT2D eigenvalue weighted by molar-refractivity contribution is -0.385. The Morgan fingerprint density at radius 2 is 2.05 bits per heavy atom.